The number of carbonyl (C=O) groups excluding carboxylic acids is 1. The van der Waals surface area contributed by atoms with Crippen LogP contribution in [-0.2, 0) is 5.41 Å². The van der Waals surface area contributed by atoms with Gasteiger partial charge in [-0.05, 0) is 56.2 Å². The van der Waals surface area contributed by atoms with Crippen LogP contribution in [0.5, 0.6) is 0 Å². The third-order valence-corrected chi connectivity index (χ3v) is 7.63. The Balaban J connectivity index is 1.43. The number of piperidine rings is 1. The van der Waals surface area contributed by atoms with Crippen molar-refractivity contribution in [1.82, 2.24) is 20.1 Å². The smallest absolute Gasteiger partial charge is 0.254 e. The summed E-state index contributed by atoms with van der Waals surface area (Å²) in [6.45, 7) is 2.77. The summed E-state index contributed by atoms with van der Waals surface area (Å²) < 4.78 is 0. The second-order valence-electron chi connectivity index (χ2n) is 8.43. The molecule has 3 unspecified atom stereocenters. The number of aromatic amines is 1. The molecule has 152 valence electrons. The summed E-state index contributed by atoms with van der Waals surface area (Å²) in [5, 5.41) is 18.9. The Morgan fingerprint density at radius 3 is 3.10 bits per heavy atom. The number of likely N-dealkylation sites (tertiary alicyclic amines) is 1. The number of aromatic nitrogens is 3. The van der Waals surface area contributed by atoms with Gasteiger partial charge in [0.05, 0.1) is 23.5 Å². The van der Waals surface area contributed by atoms with Gasteiger partial charge in [-0.2, -0.15) is 10.4 Å². The summed E-state index contributed by atoms with van der Waals surface area (Å²) in [4.78, 5) is 21.1. The lowest BCUT2D eigenvalue weighted by molar-refractivity contribution is 0.0547. The SMILES string of the molecule is Cc1cccnc1C1(C#N)CC2CCCN(C(=O)c3csc(-c4cn[nH]c4)c3)C2C1. The average molecular weight is 418 g/mol. The first-order chi connectivity index (χ1) is 14.6. The topological polar surface area (TPSA) is 85.7 Å². The van der Waals surface area contributed by atoms with Gasteiger partial charge in [-0.25, -0.2) is 0 Å². The van der Waals surface area contributed by atoms with Crippen LogP contribution in [0, 0.1) is 24.2 Å². The summed E-state index contributed by atoms with van der Waals surface area (Å²) >= 11 is 1.56. The number of nitrogens with zero attached hydrogens (tertiary/aromatic N) is 4. The van der Waals surface area contributed by atoms with Crippen LogP contribution in [0.3, 0.4) is 0 Å². The fourth-order valence-corrected chi connectivity index (χ4v) is 6.13. The van der Waals surface area contributed by atoms with Crippen LogP contribution >= 0.6 is 11.3 Å². The van der Waals surface area contributed by atoms with Crippen molar-refractivity contribution in [3.05, 3.63) is 59.0 Å². The predicted octanol–water partition coefficient (Wildman–Crippen LogP) is 4.32. The van der Waals surface area contributed by atoms with Gasteiger partial charge in [-0.1, -0.05) is 6.07 Å². The Morgan fingerprint density at radius 1 is 1.43 bits per heavy atom. The quantitative estimate of drug-likeness (QED) is 0.688. The summed E-state index contributed by atoms with van der Waals surface area (Å²) in [5.41, 5.74) is 3.04. The molecule has 0 radical (unpaired) electrons. The van der Waals surface area contributed by atoms with Crippen molar-refractivity contribution in [1.29, 1.82) is 5.26 Å². The van der Waals surface area contributed by atoms with Crippen molar-refractivity contribution in [2.45, 2.75) is 44.1 Å². The molecular weight excluding hydrogens is 394 g/mol. The minimum atomic E-state index is -0.611. The molecule has 3 aromatic heterocycles. The van der Waals surface area contributed by atoms with E-state index in [1.54, 1.807) is 23.7 Å². The van der Waals surface area contributed by atoms with E-state index in [0.29, 0.717) is 12.3 Å². The second kappa shape index (κ2) is 7.37. The molecule has 4 heterocycles. The average Bonchev–Trinajstić information content (AvgIpc) is 3.52. The number of aryl methyl sites for hydroxylation is 1. The number of amides is 1. The molecule has 1 saturated heterocycles. The van der Waals surface area contributed by atoms with Gasteiger partial charge in [0.1, 0.15) is 5.41 Å². The summed E-state index contributed by atoms with van der Waals surface area (Å²) in [5.74, 6) is 0.415. The molecule has 0 spiro atoms. The van der Waals surface area contributed by atoms with E-state index < -0.39 is 5.41 Å². The number of pyridine rings is 1. The van der Waals surface area contributed by atoms with E-state index in [1.165, 1.54) is 0 Å². The number of nitrogens with one attached hydrogen (secondary N) is 1. The third kappa shape index (κ3) is 3.03. The molecule has 2 fully saturated rings. The molecule has 2 aliphatic rings. The van der Waals surface area contributed by atoms with E-state index in [4.69, 9.17) is 0 Å². The van der Waals surface area contributed by atoms with Gasteiger partial charge >= 0.3 is 0 Å². The fourth-order valence-electron chi connectivity index (χ4n) is 5.27. The first-order valence-corrected chi connectivity index (χ1v) is 11.2. The minimum Gasteiger partial charge on any atom is -0.335 e. The van der Waals surface area contributed by atoms with E-state index in [2.05, 4.69) is 21.3 Å². The summed E-state index contributed by atoms with van der Waals surface area (Å²) in [6, 6.07) is 8.58. The van der Waals surface area contributed by atoms with Gasteiger partial charge < -0.3 is 4.90 Å². The van der Waals surface area contributed by atoms with Crippen LogP contribution in [0.15, 0.2) is 42.2 Å². The summed E-state index contributed by atoms with van der Waals surface area (Å²) in [7, 11) is 0. The molecule has 1 aliphatic heterocycles. The van der Waals surface area contributed by atoms with Crippen molar-refractivity contribution in [3.8, 4) is 16.5 Å². The Labute approximate surface area is 179 Å². The zero-order valence-electron chi connectivity index (χ0n) is 16.8. The molecule has 30 heavy (non-hydrogen) atoms. The molecule has 0 aromatic carbocycles. The molecule has 0 bridgehead atoms. The van der Waals surface area contributed by atoms with Gasteiger partial charge in [0.2, 0.25) is 0 Å². The highest BCUT2D eigenvalue weighted by molar-refractivity contribution is 7.13. The third-order valence-electron chi connectivity index (χ3n) is 6.65. The van der Waals surface area contributed by atoms with Gasteiger partial charge in [-0.3, -0.25) is 14.9 Å². The van der Waals surface area contributed by atoms with Crippen LogP contribution in [0.2, 0.25) is 0 Å². The largest absolute Gasteiger partial charge is 0.335 e. The van der Waals surface area contributed by atoms with Gasteiger partial charge in [0, 0.05) is 40.8 Å². The van der Waals surface area contributed by atoms with Crippen molar-refractivity contribution in [3.63, 3.8) is 0 Å². The fraction of sp³-hybridized carbons (Fsp3) is 0.391. The monoisotopic (exact) mass is 417 g/mol. The number of thiophene rings is 1. The van der Waals surface area contributed by atoms with Crippen LogP contribution < -0.4 is 0 Å². The Morgan fingerprint density at radius 2 is 2.33 bits per heavy atom. The molecule has 5 rings (SSSR count). The highest BCUT2D eigenvalue weighted by Gasteiger charge is 2.52. The molecule has 1 aliphatic carbocycles. The molecule has 1 amide bonds. The lowest BCUT2D eigenvalue weighted by atomic mass is 9.80. The Bertz CT molecular complexity index is 1110. The number of nitriles is 1. The van der Waals surface area contributed by atoms with Crippen molar-refractivity contribution in [2.75, 3.05) is 6.54 Å². The number of rotatable bonds is 3. The van der Waals surface area contributed by atoms with E-state index >= 15 is 0 Å². The van der Waals surface area contributed by atoms with Gasteiger partial charge in [-0.15, -0.1) is 11.3 Å². The van der Waals surface area contributed by atoms with Gasteiger partial charge in [0.25, 0.3) is 5.91 Å². The van der Waals surface area contributed by atoms with Crippen LogP contribution in [-0.4, -0.2) is 38.6 Å². The zero-order chi connectivity index (χ0) is 20.7. The molecule has 3 aromatic rings. The van der Waals surface area contributed by atoms with Gasteiger partial charge in [0.15, 0.2) is 0 Å². The first-order valence-electron chi connectivity index (χ1n) is 10.3. The Kier molecular flexibility index (Phi) is 4.67. The molecule has 6 nitrogen and oxygen atoms in total. The van der Waals surface area contributed by atoms with Crippen LogP contribution in [0.1, 0.15) is 47.3 Å². The van der Waals surface area contributed by atoms with E-state index in [-0.39, 0.29) is 11.9 Å². The zero-order valence-corrected chi connectivity index (χ0v) is 17.7. The van der Waals surface area contributed by atoms with E-state index in [0.717, 1.165) is 53.1 Å². The lowest BCUT2D eigenvalue weighted by Crippen LogP contribution is -2.46. The molecule has 3 atom stereocenters. The minimum absolute atomic E-state index is 0.0715. The highest BCUT2D eigenvalue weighted by Crippen LogP contribution is 2.49. The first kappa shape index (κ1) is 19.0. The molecule has 1 N–H and O–H groups in total. The number of carbonyl (C=O) groups is 1. The van der Waals surface area contributed by atoms with Crippen molar-refractivity contribution >= 4 is 17.2 Å². The lowest BCUT2D eigenvalue weighted by Gasteiger charge is -2.37. The molecular formula is C23H23N5OS. The summed E-state index contributed by atoms with van der Waals surface area (Å²) in [6.07, 6.45) is 8.86. The number of H-pyrrole nitrogens is 1. The maximum atomic E-state index is 13.4. The number of hydrogen-bond acceptors (Lipinski definition) is 5. The normalized spacial score (nSPS) is 25.7. The predicted molar refractivity (Wildman–Crippen MR) is 115 cm³/mol. The standard InChI is InChI=1S/C23H23N5OS/c1-15-4-2-6-25-21(15)23(14-24)9-16-5-3-7-28(19(16)10-23)22(29)17-8-20(30-13-17)18-11-26-27-12-18/h2,4,6,8,11-13,16,19H,3,5,7,9-10H2,1H3,(H,26,27). The highest BCUT2D eigenvalue weighted by atomic mass is 32.1. The molecule has 7 heteroatoms. The van der Waals surface area contributed by atoms with E-state index in [9.17, 15) is 10.1 Å². The molecule has 1 saturated carbocycles. The Hall–Kier alpha value is -2.98. The maximum Gasteiger partial charge on any atom is 0.254 e. The number of hydrogen-bond donors (Lipinski definition) is 1. The van der Waals surface area contributed by atoms with Crippen molar-refractivity contribution < 1.29 is 4.79 Å². The van der Waals surface area contributed by atoms with Crippen molar-refractivity contribution in [2.24, 2.45) is 5.92 Å². The van der Waals surface area contributed by atoms with Crippen LogP contribution in [0.25, 0.3) is 10.4 Å². The maximum absolute atomic E-state index is 13.4. The van der Waals surface area contributed by atoms with E-state index in [1.807, 2.05) is 41.6 Å². The van der Waals surface area contributed by atoms with Crippen LogP contribution in [0.4, 0.5) is 0 Å². The number of fused-ring (bicyclic) bond motifs is 1. The second-order valence-corrected chi connectivity index (χ2v) is 9.34.